The van der Waals surface area contributed by atoms with Crippen LogP contribution < -0.4 is 14.8 Å². The highest BCUT2D eigenvalue weighted by molar-refractivity contribution is 8.26. The van der Waals surface area contributed by atoms with E-state index in [2.05, 4.69) is 5.32 Å². The summed E-state index contributed by atoms with van der Waals surface area (Å²) in [5, 5.41) is 2.80. The van der Waals surface area contributed by atoms with E-state index in [-0.39, 0.29) is 24.8 Å². The van der Waals surface area contributed by atoms with Crippen LogP contribution >= 0.6 is 24.0 Å². The van der Waals surface area contributed by atoms with Crippen molar-refractivity contribution in [3.63, 3.8) is 0 Å². The van der Waals surface area contributed by atoms with Gasteiger partial charge in [-0.3, -0.25) is 14.5 Å². The van der Waals surface area contributed by atoms with Crippen molar-refractivity contribution in [1.82, 2.24) is 4.90 Å². The molecule has 1 heterocycles. The van der Waals surface area contributed by atoms with E-state index in [0.29, 0.717) is 20.7 Å². The summed E-state index contributed by atoms with van der Waals surface area (Å²) in [6, 6.07) is 14.5. The third-order valence-electron chi connectivity index (χ3n) is 4.23. The molecule has 0 spiro atoms. The quantitative estimate of drug-likeness (QED) is 0.532. The lowest BCUT2D eigenvalue weighted by atomic mass is 10.2. The van der Waals surface area contributed by atoms with Gasteiger partial charge in [-0.2, -0.15) is 0 Å². The monoisotopic (exact) mass is 428 g/mol. The highest BCUT2D eigenvalue weighted by Gasteiger charge is 2.32. The van der Waals surface area contributed by atoms with E-state index in [9.17, 15) is 9.59 Å². The minimum atomic E-state index is -0.220. The highest BCUT2D eigenvalue weighted by Crippen LogP contribution is 2.33. The number of carbonyl (C=O) groups is 2. The molecule has 0 bridgehead atoms. The molecule has 150 valence electrons. The maximum absolute atomic E-state index is 12.7. The number of amides is 2. The molecule has 1 saturated heterocycles. The standard InChI is InChI=1S/C21H20N2O4S2/c1-26-15-9-7-14(8-10-15)13-18-20(25)23(21(28)29-18)12-11-19(24)22-16-5-3-4-6-17(16)27-2/h3-10,13H,11-12H2,1-2H3,(H,22,24)/b18-13-. The second-order valence-electron chi connectivity index (χ2n) is 6.10. The van der Waals surface area contributed by atoms with Crippen molar-refractivity contribution in [2.75, 3.05) is 26.1 Å². The molecular formula is C21H20N2O4S2. The number of thiocarbonyl (C=S) groups is 1. The minimum Gasteiger partial charge on any atom is -0.497 e. The van der Waals surface area contributed by atoms with Gasteiger partial charge in [0.15, 0.2) is 0 Å². The first-order chi connectivity index (χ1) is 14.0. The summed E-state index contributed by atoms with van der Waals surface area (Å²) in [4.78, 5) is 27.0. The molecule has 0 aliphatic carbocycles. The first kappa shape index (κ1) is 20.9. The van der Waals surface area contributed by atoms with Gasteiger partial charge in [0.2, 0.25) is 5.91 Å². The fourth-order valence-corrected chi connectivity index (χ4v) is 4.03. The number of benzene rings is 2. The number of rotatable bonds is 7. The van der Waals surface area contributed by atoms with E-state index < -0.39 is 0 Å². The van der Waals surface area contributed by atoms with Crippen LogP contribution in [-0.2, 0) is 9.59 Å². The summed E-state index contributed by atoms with van der Waals surface area (Å²) in [7, 11) is 3.14. The molecule has 0 saturated carbocycles. The van der Waals surface area contributed by atoms with Gasteiger partial charge in [-0.1, -0.05) is 48.2 Å². The first-order valence-corrected chi connectivity index (χ1v) is 10.1. The fraction of sp³-hybridized carbons (Fsp3) is 0.190. The number of nitrogens with one attached hydrogen (secondary N) is 1. The van der Waals surface area contributed by atoms with Crippen LogP contribution in [0.3, 0.4) is 0 Å². The summed E-state index contributed by atoms with van der Waals surface area (Å²) < 4.78 is 10.8. The molecule has 2 aromatic rings. The van der Waals surface area contributed by atoms with E-state index in [4.69, 9.17) is 21.7 Å². The number of methoxy groups -OCH3 is 2. The maximum atomic E-state index is 12.7. The smallest absolute Gasteiger partial charge is 0.266 e. The first-order valence-electron chi connectivity index (χ1n) is 8.84. The van der Waals surface area contributed by atoms with E-state index in [1.165, 1.54) is 16.7 Å². The number of ether oxygens (including phenoxy) is 2. The zero-order valence-electron chi connectivity index (χ0n) is 16.0. The summed E-state index contributed by atoms with van der Waals surface area (Å²) >= 11 is 6.56. The highest BCUT2D eigenvalue weighted by atomic mass is 32.2. The predicted molar refractivity (Wildman–Crippen MR) is 119 cm³/mol. The van der Waals surface area contributed by atoms with Gasteiger partial charge in [-0.05, 0) is 35.9 Å². The van der Waals surface area contributed by atoms with Crippen molar-refractivity contribution >= 4 is 51.9 Å². The number of anilines is 1. The zero-order chi connectivity index (χ0) is 20.8. The summed E-state index contributed by atoms with van der Waals surface area (Å²) in [6.07, 6.45) is 1.91. The van der Waals surface area contributed by atoms with E-state index >= 15 is 0 Å². The number of thioether (sulfide) groups is 1. The van der Waals surface area contributed by atoms with Crippen LogP contribution in [0.1, 0.15) is 12.0 Å². The number of hydrogen-bond donors (Lipinski definition) is 1. The Morgan fingerprint density at radius 3 is 2.55 bits per heavy atom. The van der Waals surface area contributed by atoms with Gasteiger partial charge in [-0.25, -0.2) is 0 Å². The molecule has 1 fully saturated rings. The van der Waals surface area contributed by atoms with Gasteiger partial charge in [-0.15, -0.1) is 0 Å². The molecule has 8 heteroatoms. The van der Waals surface area contributed by atoms with Gasteiger partial charge in [0.1, 0.15) is 15.8 Å². The van der Waals surface area contributed by atoms with Gasteiger partial charge in [0.25, 0.3) is 5.91 Å². The van der Waals surface area contributed by atoms with Gasteiger partial charge in [0.05, 0.1) is 24.8 Å². The average Bonchev–Trinajstić information content (AvgIpc) is 3.00. The summed E-state index contributed by atoms with van der Waals surface area (Å²) in [6.45, 7) is 0.214. The molecule has 0 radical (unpaired) electrons. The number of nitrogens with zero attached hydrogens (tertiary/aromatic N) is 1. The number of carbonyl (C=O) groups excluding carboxylic acids is 2. The maximum Gasteiger partial charge on any atom is 0.266 e. The average molecular weight is 429 g/mol. The molecule has 2 aromatic carbocycles. The SMILES string of the molecule is COc1ccc(/C=C2\SC(=S)N(CCC(=O)Nc3ccccc3OC)C2=O)cc1. The van der Waals surface area contributed by atoms with Crippen LogP contribution in [0.4, 0.5) is 5.69 Å². The lowest BCUT2D eigenvalue weighted by Gasteiger charge is -2.15. The Balaban J connectivity index is 1.61. The molecule has 1 aliphatic heterocycles. The largest absolute Gasteiger partial charge is 0.497 e. The third-order valence-corrected chi connectivity index (χ3v) is 5.61. The Morgan fingerprint density at radius 2 is 1.86 bits per heavy atom. The van der Waals surface area contributed by atoms with Crippen LogP contribution in [0, 0.1) is 0 Å². The van der Waals surface area contributed by atoms with Crippen LogP contribution in [0.2, 0.25) is 0 Å². The van der Waals surface area contributed by atoms with Crippen LogP contribution in [0.25, 0.3) is 6.08 Å². The summed E-state index contributed by atoms with van der Waals surface area (Å²) in [5.74, 6) is 0.910. The Labute approximate surface area is 178 Å². The zero-order valence-corrected chi connectivity index (χ0v) is 17.6. The number of hydrogen-bond acceptors (Lipinski definition) is 6. The third kappa shape index (κ3) is 5.16. The van der Waals surface area contributed by atoms with E-state index in [0.717, 1.165) is 11.3 Å². The van der Waals surface area contributed by atoms with Crippen LogP contribution in [0.15, 0.2) is 53.4 Å². The molecule has 1 aliphatic rings. The minimum absolute atomic E-state index is 0.125. The van der Waals surface area contributed by atoms with Crippen LogP contribution in [-0.4, -0.2) is 41.8 Å². The normalized spacial score (nSPS) is 15.0. The van der Waals surface area contributed by atoms with Gasteiger partial charge < -0.3 is 14.8 Å². The van der Waals surface area contributed by atoms with Crippen molar-refractivity contribution in [2.24, 2.45) is 0 Å². The Morgan fingerprint density at radius 1 is 1.14 bits per heavy atom. The van der Waals surface area contributed by atoms with Gasteiger partial charge in [0, 0.05) is 13.0 Å². The lowest BCUT2D eigenvalue weighted by Crippen LogP contribution is -2.31. The topological polar surface area (TPSA) is 67.9 Å². The molecule has 2 amide bonds. The predicted octanol–water partition coefficient (Wildman–Crippen LogP) is 3.93. The Kier molecular flexibility index (Phi) is 6.90. The molecule has 6 nitrogen and oxygen atoms in total. The summed E-state index contributed by atoms with van der Waals surface area (Å²) in [5.41, 5.74) is 1.46. The van der Waals surface area contributed by atoms with Crippen LogP contribution in [0.5, 0.6) is 11.5 Å². The van der Waals surface area contributed by atoms with Crippen molar-refractivity contribution in [3.05, 3.63) is 59.0 Å². The molecule has 0 unspecified atom stereocenters. The molecule has 1 N–H and O–H groups in total. The molecule has 0 aromatic heterocycles. The number of para-hydroxylation sites is 2. The Hall–Kier alpha value is -2.84. The van der Waals surface area contributed by atoms with E-state index in [1.54, 1.807) is 32.4 Å². The molecular weight excluding hydrogens is 408 g/mol. The van der Waals surface area contributed by atoms with E-state index in [1.807, 2.05) is 36.4 Å². The second kappa shape index (κ2) is 9.58. The van der Waals surface area contributed by atoms with Gasteiger partial charge >= 0.3 is 0 Å². The molecule has 29 heavy (non-hydrogen) atoms. The van der Waals surface area contributed by atoms with Crippen molar-refractivity contribution in [2.45, 2.75) is 6.42 Å². The lowest BCUT2D eigenvalue weighted by molar-refractivity contribution is -0.122. The van der Waals surface area contributed by atoms with Crippen molar-refractivity contribution < 1.29 is 19.1 Å². The fourth-order valence-electron chi connectivity index (χ4n) is 2.72. The second-order valence-corrected chi connectivity index (χ2v) is 7.78. The van der Waals surface area contributed by atoms with Crippen molar-refractivity contribution in [3.8, 4) is 11.5 Å². The molecule has 0 atom stereocenters. The van der Waals surface area contributed by atoms with Crippen molar-refractivity contribution in [1.29, 1.82) is 0 Å². The molecule has 3 rings (SSSR count). The Bertz CT molecular complexity index is 957.